The van der Waals surface area contributed by atoms with Crippen LogP contribution in [-0.4, -0.2) is 20.8 Å². The predicted molar refractivity (Wildman–Crippen MR) is 80.1 cm³/mol. The summed E-state index contributed by atoms with van der Waals surface area (Å²) in [6.07, 6.45) is 3.91. The molecular formula is C11H19BrIN3. The summed E-state index contributed by atoms with van der Waals surface area (Å²) in [4.78, 5) is 0. The summed E-state index contributed by atoms with van der Waals surface area (Å²) in [7, 11) is 1.99. The monoisotopic (exact) mass is 399 g/mol. The Balaban J connectivity index is 2.26. The summed E-state index contributed by atoms with van der Waals surface area (Å²) >= 11 is 6.00. The van der Waals surface area contributed by atoms with Crippen LogP contribution in [0.4, 0.5) is 0 Å². The number of aromatic nitrogens is 2. The first-order chi connectivity index (χ1) is 7.66. The van der Waals surface area contributed by atoms with Crippen LogP contribution in [0.15, 0.2) is 4.47 Å². The summed E-state index contributed by atoms with van der Waals surface area (Å²) in [6.45, 7) is 4.00. The number of rotatable bonds is 7. The normalized spacial score (nSPS) is 11.0. The zero-order valence-corrected chi connectivity index (χ0v) is 13.6. The fourth-order valence-electron chi connectivity index (χ4n) is 1.60. The first-order valence-electron chi connectivity index (χ1n) is 5.61. The quantitative estimate of drug-likeness (QED) is 0.433. The van der Waals surface area contributed by atoms with Gasteiger partial charge < -0.3 is 5.32 Å². The smallest absolute Gasteiger partial charge is 0.0739 e. The Bertz CT molecular complexity index is 325. The molecule has 0 atom stereocenters. The number of alkyl halides is 1. The molecule has 0 saturated carbocycles. The molecule has 0 aromatic carbocycles. The van der Waals surface area contributed by atoms with Crippen LogP contribution in [0.2, 0.25) is 0 Å². The van der Waals surface area contributed by atoms with Crippen LogP contribution in [0.1, 0.15) is 30.7 Å². The Labute approximate surface area is 120 Å². The maximum Gasteiger partial charge on any atom is 0.0739 e. The molecule has 5 heteroatoms. The summed E-state index contributed by atoms with van der Waals surface area (Å²) in [5, 5.41) is 7.83. The molecule has 1 heterocycles. The van der Waals surface area contributed by atoms with E-state index in [1.54, 1.807) is 0 Å². The zero-order valence-electron chi connectivity index (χ0n) is 9.89. The molecule has 16 heavy (non-hydrogen) atoms. The number of hydrogen-bond acceptors (Lipinski definition) is 2. The van der Waals surface area contributed by atoms with Gasteiger partial charge in [0.15, 0.2) is 0 Å². The Morgan fingerprint density at radius 2 is 2.12 bits per heavy atom. The van der Waals surface area contributed by atoms with Crippen molar-refractivity contribution in [3.63, 3.8) is 0 Å². The van der Waals surface area contributed by atoms with Gasteiger partial charge >= 0.3 is 0 Å². The number of nitrogens with zero attached hydrogens (tertiary/aromatic N) is 2. The van der Waals surface area contributed by atoms with Gasteiger partial charge in [-0.25, -0.2) is 0 Å². The van der Waals surface area contributed by atoms with Crippen molar-refractivity contribution >= 4 is 38.5 Å². The molecule has 1 N–H and O–H groups in total. The molecule has 0 radical (unpaired) electrons. The fourth-order valence-corrected chi connectivity index (χ4v) is 2.62. The Kier molecular flexibility index (Phi) is 6.91. The Hall–Kier alpha value is 0.380. The van der Waals surface area contributed by atoms with Crippen LogP contribution in [0.5, 0.6) is 0 Å². The number of unbranched alkanes of at least 4 members (excludes halogenated alkanes) is 2. The third-order valence-electron chi connectivity index (χ3n) is 2.54. The third-order valence-corrected chi connectivity index (χ3v) is 4.34. The SMILES string of the molecule is Cc1nn(C)c(CNCCCCCI)c1Br. The highest BCUT2D eigenvalue weighted by Gasteiger charge is 2.09. The van der Waals surface area contributed by atoms with Gasteiger partial charge in [-0.1, -0.05) is 29.0 Å². The highest BCUT2D eigenvalue weighted by Crippen LogP contribution is 2.19. The molecule has 1 aromatic heterocycles. The van der Waals surface area contributed by atoms with Gasteiger partial charge in [-0.2, -0.15) is 5.10 Å². The van der Waals surface area contributed by atoms with E-state index in [1.165, 1.54) is 29.4 Å². The highest BCUT2D eigenvalue weighted by atomic mass is 127. The maximum absolute atomic E-state index is 4.37. The van der Waals surface area contributed by atoms with Crippen molar-refractivity contribution in [2.45, 2.75) is 32.7 Å². The van der Waals surface area contributed by atoms with E-state index in [1.807, 2.05) is 18.7 Å². The van der Waals surface area contributed by atoms with Gasteiger partial charge in [-0.05, 0) is 46.7 Å². The van der Waals surface area contributed by atoms with E-state index in [4.69, 9.17) is 0 Å². The topological polar surface area (TPSA) is 29.9 Å². The molecular weight excluding hydrogens is 381 g/mol. The second-order valence-corrected chi connectivity index (χ2v) is 5.77. The number of nitrogens with one attached hydrogen (secondary N) is 1. The summed E-state index contributed by atoms with van der Waals surface area (Å²) < 4.78 is 4.34. The van der Waals surface area contributed by atoms with Crippen LogP contribution in [0.25, 0.3) is 0 Å². The predicted octanol–water partition coefficient (Wildman–Crippen LogP) is 3.19. The maximum atomic E-state index is 4.37. The molecule has 0 aliphatic rings. The van der Waals surface area contributed by atoms with Crippen molar-refractivity contribution < 1.29 is 0 Å². The minimum Gasteiger partial charge on any atom is -0.311 e. The molecule has 1 aromatic rings. The van der Waals surface area contributed by atoms with Gasteiger partial charge in [-0.3, -0.25) is 4.68 Å². The van der Waals surface area contributed by atoms with E-state index >= 15 is 0 Å². The zero-order chi connectivity index (χ0) is 12.0. The van der Waals surface area contributed by atoms with E-state index in [9.17, 15) is 0 Å². The second kappa shape index (κ2) is 7.66. The van der Waals surface area contributed by atoms with Crippen molar-refractivity contribution in [3.05, 3.63) is 15.9 Å². The molecule has 0 spiro atoms. The highest BCUT2D eigenvalue weighted by molar-refractivity contribution is 14.1. The Morgan fingerprint density at radius 3 is 2.69 bits per heavy atom. The largest absolute Gasteiger partial charge is 0.311 e. The number of aryl methyl sites for hydroxylation is 2. The van der Waals surface area contributed by atoms with Crippen molar-refractivity contribution in [2.24, 2.45) is 7.05 Å². The first kappa shape index (κ1) is 14.4. The third kappa shape index (κ3) is 4.33. The molecule has 92 valence electrons. The lowest BCUT2D eigenvalue weighted by atomic mass is 10.2. The average molecular weight is 400 g/mol. The molecule has 0 saturated heterocycles. The van der Waals surface area contributed by atoms with Crippen molar-refractivity contribution in [1.82, 2.24) is 15.1 Å². The molecule has 1 rings (SSSR count). The van der Waals surface area contributed by atoms with Gasteiger partial charge in [0.05, 0.1) is 15.9 Å². The Morgan fingerprint density at radius 1 is 1.38 bits per heavy atom. The van der Waals surface area contributed by atoms with Crippen molar-refractivity contribution in [2.75, 3.05) is 11.0 Å². The van der Waals surface area contributed by atoms with Crippen molar-refractivity contribution in [1.29, 1.82) is 0 Å². The van der Waals surface area contributed by atoms with E-state index < -0.39 is 0 Å². The van der Waals surface area contributed by atoms with Crippen LogP contribution in [0.3, 0.4) is 0 Å². The molecule has 0 aliphatic carbocycles. The standard InChI is InChI=1S/C11H19BrIN3/c1-9-11(12)10(16(2)15-9)8-14-7-5-3-4-6-13/h14H,3-8H2,1-2H3. The molecule has 0 fully saturated rings. The van der Waals surface area contributed by atoms with Crippen LogP contribution < -0.4 is 5.32 Å². The molecule has 0 amide bonds. The van der Waals surface area contributed by atoms with E-state index in [-0.39, 0.29) is 0 Å². The lowest BCUT2D eigenvalue weighted by Gasteiger charge is -2.05. The van der Waals surface area contributed by atoms with Crippen LogP contribution >= 0.6 is 38.5 Å². The van der Waals surface area contributed by atoms with E-state index in [0.717, 1.165) is 23.3 Å². The lowest BCUT2D eigenvalue weighted by molar-refractivity contribution is 0.589. The fraction of sp³-hybridized carbons (Fsp3) is 0.727. The summed E-state index contributed by atoms with van der Waals surface area (Å²) in [5.74, 6) is 0. The van der Waals surface area contributed by atoms with E-state index in [2.05, 4.69) is 48.9 Å². The lowest BCUT2D eigenvalue weighted by Crippen LogP contribution is -2.17. The summed E-state index contributed by atoms with van der Waals surface area (Å²) in [6, 6.07) is 0. The van der Waals surface area contributed by atoms with Crippen molar-refractivity contribution in [3.8, 4) is 0 Å². The van der Waals surface area contributed by atoms with Gasteiger partial charge in [0, 0.05) is 13.6 Å². The van der Waals surface area contributed by atoms with Gasteiger partial charge in [0.25, 0.3) is 0 Å². The minimum atomic E-state index is 0.891. The molecule has 3 nitrogen and oxygen atoms in total. The first-order valence-corrected chi connectivity index (χ1v) is 7.93. The van der Waals surface area contributed by atoms with Gasteiger partial charge in [0.2, 0.25) is 0 Å². The average Bonchev–Trinajstić information content (AvgIpc) is 2.49. The molecule has 0 aliphatic heterocycles. The number of halogens is 2. The van der Waals surface area contributed by atoms with Crippen LogP contribution in [-0.2, 0) is 13.6 Å². The molecule has 0 bridgehead atoms. The van der Waals surface area contributed by atoms with Gasteiger partial charge in [-0.15, -0.1) is 0 Å². The minimum absolute atomic E-state index is 0.891. The number of hydrogen-bond donors (Lipinski definition) is 1. The summed E-state index contributed by atoms with van der Waals surface area (Å²) in [5.41, 5.74) is 2.29. The van der Waals surface area contributed by atoms with Gasteiger partial charge in [0.1, 0.15) is 0 Å². The van der Waals surface area contributed by atoms with E-state index in [0.29, 0.717) is 0 Å². The molecule has 0 unspecified atom stereocenters. The van der Waals surface area contributed by atoms with Crippen LogP contribution in [0, 0.1) is 6.92 Å². The second-order valence-electron chi connectivity index (χ2n) is 3.90.